The summed E-state index contributed by atoms with van der Waals surface area (Å²) in [6.45, 7) is 2.67. The number of nitrogens with zero attached hydrogens (tertiary/aromatic N) is 2. The number of aliphatic imine (C=N–C) groups is 1. The Kier molecular flexibility index (Phi) is 6.43. The Morgan fingerprint density at radius 2 is 1.75 bits per heavy atom. The third kappa shape index (κ3) is 4.66. The lowest BCUT2D eigenvalue weighted by atomic mass is 10.2. The third-order valence-electron chi connectivity index (χ3n) is 3.89. The summed E-state index contributed by atoms with van der Waals surface area (Å²) in [4.78, 5) is 7.17. The van der Waals surface area contributed by atoms with Crippen molar-refractivity contribution in [3.8, 4) is 5.75 Å². The Bertz CT molecular complexity index is 676. The number of thioether (sulfide) groups is 1. The van der Waals surface area contributed by atoms with Gasteiger partial charge in [-0.05, 0) is 23.3 Å². The highest BCUT2D eigenvalue weighted by Gasteiger charge is 2.23. The summed E-state index contributed by atoms with van der Waals surface area (Å²) in [5.74, 6) is 0.894. The smallest absolute Gasteiger partial charge is 0.160 e. The zero-order valence-corrected chi connectivity index (χ0v) is 16.7. The molecule has 0 amide bonds. The van der Waals surface area contributed by atoms with E-state index in [4.69, 9.17) is 9.73 Å². The van der Waals surface area contributed by atoms with E-state index in [0.29, 0.717) is 5.25 Å². The lowest BCUT2D eigenvalue weighted by Gasteiger charge is -2.25. The van der Waals surface area contributed by atoms with Gasteiger partial charge in [0.05, 0.1) is 13.7 Å². The van der Waals surface area contributed by atoms with E-state index in [1.165, 1.54) is 11.1 Å². The van der Waals surface area contributed by atoms with E-state index in [1.54, 1.807) is 7.11 Å². The number of methoxy groups -OCH3 is 1. The summed E-state index contributed by atoms with van der Waals surface area (Å²) < 4.78 is 6.39. The van der Waals surface area contributed by atoms with Crippen molar-refractivity contribution in [2.24, 2.45) is 4.99 Å². The third-order valence-corrected chi connectivity index (χ3v) is 6.80. The van der Waals surface area contributed by atoms with Crippen molar-refractivity contribution in [3.05, 3.63) is 65.7 Å². The number of alkyl halides is 1. The van der Waals surface area contributed by atoms with E-state index in [1.807, 2.05) is 23.9 Å². The molecule has 0 radical (unpaired) electrons. The number of benzene rings is 2. The molecule has 1 aliphatic heterocycles. The predicted octanol–water partition coefficient (Wildman–Crippen LogP) is 4.60. The van der Waals surface area contributed by atoms with Gasteiger partial charge in [-0.25, -0.2) is 0 Å². The number of halogens is 1. The van der Waals surface area contributed by atoms with Crippen molar-refractivity contribution in [1.29, 1.82) is 0 Å². The number of rotatable bonds is 6. The highest BCUT2D eigenvalue weighted by atomic mass is 127. The molecule has 1 atom stereocenters. The standard InChI is InChI=1S/C19H21IN2OS/c1-23-17-9-7-16(8-10-17)14-22(13-15-5-3-2-4-6-15)19-21-12-18(11-20)24-19/h2-10,18H,11-14H2,1H3/t18-/m1/s1. The minimum absolute atomic E-state index is 0.606. The number of hydrogen-bond acceptors (Lipinski definition) is 4. The van der Waals surface area contributed by atoms with Crippen LogP contribution in [0, 0.1) is 0 Å². The summed E-state index contributed by atoms with van der Waals surface area (Å²) in [6.07, 6.45) is 0. The molecule has 1 heterocycles. The molecule has 0 spiro atoms. The van der Waals surface area contributed by atoms with Gasteiger partial charge in [-0.1, -0.05) is 76.8 Å². The van der Waals surface area contributed by atoms with Crippen LogP contribution >= 0.6 is 34.4 Å². The summed E-state index contributed by atoms with van der Waals surface area (Å²) in [5.41, 5.74) is 2.58. The van der Waals surface area contributed by atoms with Crippen molar-refractivity contribution in [2.45, 2.75) is 18.3 Å². The first-order valence-corrected chi connectivity index (χ1v) is 10.4. The van der Waals surface area contributed by atoms with Crippen molar-refractivity contribution in [1.82, 2.24) is 4.90 Å². The van der Waals surface area contributed by atoms with Crippen LogP contribution in [0.25, 0.3) is 0 Å². The molecule has 24 heavy (non-hydrogen) atoms. The van der Waals surface area contributed by atoms with Crippen LogP contribution < -0.4 is 4.74 Å². The molecule has 1 aliphatic rings. The van der Waals surface area contributed by atoms with E-state index in [-0.39, 0.29) is 0 Å². The van der Waals surface area contributed by atoms with Gasteiger partial charge in [0.2, 0.25) is 0 Å². The van der Waals surface area contributed by atoms with Gasteiger partial charge in [0.25, 0.3) is 0 Å². The first-order valence-electron chi connectivity index (χ1n) is 7.97. The highest BCUT2D eigenvalue weighted by molar-refractivity contribution is 14.1. The molecule has 0 saturated heterocycles. The van der Waals surface area contributed by atoms with Gasteiger partial charge >= 0.3 is 0 Å². The molecule has 2 aromatic carbocycles. The fraction of sp³-hybridized carbons (Fsp3) is 0.316. The SMILES string of the molecule is COc1ccc(CN(Cc2ccccc2)C2=NC[C@@H](CI)S2)cc1. The molecule has 2 aromatic rings. The van der Waals surface area contributed by atoms with Crippen LogP contribution in [-0.4, -0.2) is 33.4 Å². The van der Waals surface area contributed by atoms with Crippen LogP contribution in [0.4, 0.5) is 0 Å². The molecule has 126 valence electrons. The zero-order valence-electron chi connectivity index (χ0n) is 13.7. The van der Waals surface area contributed by atoms with Gasteiger partial charge in [0.1, 0.15) is 5.75 Å². The fourth-order valence-electron chi connectivity index (χ4n) is 2.60. The van der Waals surface area contributed by atoms with Gasteiger partial charge in [-0.2, -0.15) is 0 Å². The Hall–Kier alpha value is -1.21. The normalized spacial score (nSPS) is 16.8. The molecule has 0 unspecified atom stereocenters. The molecule has 0 saturated carbocycles. The first-order chi connectivity index (χ1) is 11.8. The minimum Gasteiger partial charge on any atom is -0.497 e. The molecule has 0 bridgehead atoms. The Morgan fingerprint density at radius 1 is 1.08 bits per heavy atom. The first kappa shape index (κ1) is 17.6. The second-order valence-corrected chi connectivity index (χ2v) is 7.86. The molecular weight excluding hydrogens is 431 g/mol. The van der Waals surface area contributed by atoms with Crippen LogP contribution in [0.1, 0.15) is 11.1 Å². The monoisotopic (exact) mass is 452 g/mol. The van der Waals surface area contributed by atoms with Gasteiger partial charge < -0.3 is 9.64 Å². The van der Waals surface area contributed by atoms with Gasteiger partial charge in [0, 0.05) is 22.8 Å². The zero-order chi connectivity index (χ0) is 16.8. The molecule has 0 aliphatic carbocycles. The summed E-state index contributed by atoms with van der Waals surface area (Å²) >= 11 is 4.36. The number of hydrogen-bond donors (Lipinski definition) is 0. The summed E-state index contributed by atoms with van der Waals surface area (Å²) in [6, 6.07) is 18.9. The molecule has 3 rings (SSSR count). The van der Waals surface area contributed by atoms with Crippen molar-refractivity contribution in [3.63, 3.8) is 0 Å². The van der Waals surface area contributed by atoms with E-state index >= 15 is 0 Å². The van der Waals surface area contributed by atoms with Crippen LogP contribution in [0.5, 0.6) is 5.75 Å². The summed E-state index contributed by atoms with van der Waals surface area (Å²) in [5, 5.41) is 1.77. The van der Waals surface area contributed by atoms with Crippen LogP contribution in [0.2, 0.25) is 0 Å². The highest BCUT2D eigenvalue weighted by Crippen LogP contribution is 2.27. The molecule has 0 fully saturated rings. The maximum absolute atomic E-state index is 5.26. The average molecular weight is 452 g/mol. The van der Waals surface area contributed by atoms with Crippen LogP contribution in [0.15, 0.2) is 59.6 Å². The fourth-order valence-corrected chi connectivity index (χ4v) is 4.36. The second-order valence-electron chi connectivity index (χ2n) is 5.71. The Labute approximate surface area is 161 Å². The average Bonchev–Trinajstić information content (AvgIpc) is 3.12. The van der Waals surface area contributed by atoms with E-state index < -0.39 is 0 Å². The largest absolute Gasteiger partial charge is 0.497 e. The minimum atomic E-state index is 0.606. The lowest BCUT2D eigenvalue weighted by Crippen LogP contribution is -2.27. The van der Waals surface area contributed by atoms with Crippen molar-refractivity contribution >= 4 is 39.5 Å². The molecule has 0 aromatic heterocycles. The predicted molar refractivity (Wildman–Crippen MR) is 111 cm³/mol. The quantitative estimate of drug-likeness (QED) is 0.473. The Morgan fingerprint density at radius 3 is 2.33 bits per heavy atom. The van der Waals surface area contributed by atoms with Gasteiger partial charge in [-0.15, -0.1) is 0 Å². The van der Waals surface area contributed by atoms with E-state index in [9.17, 15) is 0 Å². The maximum Gasteiger partial charge on any atom is 0.160 e. The molecular formula is C19H21IN2OS. The lowest BCUT2D eigenvalue weighted by molar-refractivity contribution is 0.408. The van der Waals surface area contributed by atoms with Crippen molar-refractivity contribution in [2.75, 3.05) is 18.1 Å². The van der Waals surface area contributed by atoms with Crippen molar-refractivity contribution < 1.29 is 4.74 Å². The topological polar surface area (TPSA) is 24.8 Å². The maximum atomic E-state index is 5.26. The van der Waals surface area contributed by atoms with E-state index in [0.717, 1.165) is 35.0 Å². The molecule has 5 heteroatoms. The molecule has 0 N–H and O–H groups in total. The van der Waals surface area contributed by atoms with Gasteiger partial charge in [0.15, 0.2) is 5.17 Å². The number of amidine groups is 1. The number of ether oxygens (including phenoxy) is 1. The van der Waals surface area contributed by atoms with Crippen LogP contribution in [0.3, 0.4) is 0 Å². The molecule has 3 nitrogen and oxygen atoms in total. The second kappa shape index (κ2) is 8.76. The van der Waals surface area contributed by atoms with Crippen LogP contribution in [-0.2, 0) is 13.1 Å². The Balaban J connectivity index is 1.76. The van der Waals surface area contributed by atoms with E-state index in [2.05, 4.69) is 70.0 Å². The van der Waals surface area contributed by atoms with Gasteiger partial charge in [-0.3, -0.25) is 4.99 Å². The summed E-state index contributed by atoms with van der Waals surface area (Å²) in [7, 11) is 1.70.